The molecule has 0 radical (unpaired) electrons. The van der Waals surface area contributed by atoms with Crippen molar-refractivity contribution in [2.45, 2.75) is 53.0 Å². The molecule has 0 aliphatic carbocycles. The van der Waals surface area contributed by atoms with Crippen molar-refractivity contribution in [3.63, 3.8) is 0 Å². The molecule has 150 valence electrons. The molecule has 0 aromatic heterocycles. The molecular weight excluding hydrogens is 342 g/mol. The van der Waals surface area contributed by atoms with Gasteiger partial charge in [0.25, 0.3) is 5.91 Å². The van der Waals surface area contributed by atoms with Crippen LogP contribution in [0.4, 0.5) is 10.5 Å². The maximum absolute atomic E-state index is 12.7. The molecule has 6 nitrogen and oxygen atoms in total. The average Bonchev–Trinajstić information content (AvgIpc) is 2.62. The molecule has 1 heterocycles. The fraction of sp³-hybridized carbons (Fsp3) is 0.619. The maximum atomic E-state index is 12.7. The molecule has 0 saturated carbocycles. The zero-order valence-corrected chi connectivity index (χ0v) is 16.9. The van der Waals surface area contributed by atoms with Gasteiger partial charge < -0.3 is 20.6 Å². The number of likely N-dealkylation sites (tertiary alicyclic amines) is 1. The van der Waals surface area contributed by atoms with Crippen LogP contribution in [0.3, 0.4) is 0 Å². The second-order valence-corrected chi connectivity index (χ2v) is 8.11. The number of carbonyl (C=O) groups excluding carboxylic acids is 2. The van der Waals surface area contributed by atoms with E-state index in [2.05, 4.69) is 17.6 Å². The van der Waals surface area contributed by atoms with Crippen LogP contribution < -0.4 is 10.6 Å². The molecule has 3 N–H and O–H groups in total. The van der Waals surface area contributed by atoms with Gasteiger partial charge in [-0.2, -0.15) is 0 Å². The monoisotopic (exact) mass is 375 g/mol. The molecule has 1 aliphatic heterocycles. The number of hydrogen-bond donors (Lipinski definition) is 3. The van der Waals surface area contributed by atoms with E-state index in [1.54, 1.807) is 12.1 Å². The lowest BCUT2D eigenvalue weighted by molar-refractivity contribution is 0.0697. The number of anilines is 1. The minimum Gasteiger partial charge on any atom is -0.394 e. The van der Waals surface area contributed by atoms with Crippen LogP contribution in [0, 0.1) is 18.8 Å². The third-order valence-corrected chi connectivity index (χ3v) is 5.10. The number of aliphatic hydroxyl groups is 1. The Morgan fingerprint density at radius 1 is 1.26 bits per heavy atom. The first-order chi connectivity index (χ1) is 12.8. The van der Waals surface area contributed by atoms with Crippen molar-refractivity contribution in [1.82, 2.24) is 10.2 Å². The fourth-order valence-electron chi connectivity index (χ4n) is 3.42. The third kappa shape index (κ3) is 6.24. The Bertz CT molecular complexity index is 652. The van der Waals surface area contributed by atoms with Crippen LogP contribution >= 0.6 is 0 Å². The minimum absolute atomic E-state index is 0.0540. The molecule has 6 heteroatoms. The average molecular weight is 376 g/mol. The van der Waals surface area contributed by atoms with Gasteiger partial charge in [-0.1, -0.05) is 20.8 Å². The van der Waals surface area contributed by atoms with Gasteiger partial charge in [0.15, 0.2) is 0 Å². The number of benzene rings is 1. The quantitative estimate of drug-likeness (QED) is 0.713. The van der Waals surface area contributed by atoms with Crippen molar-refractivity contribution >= 4 is 17.6 Å². The molecule has 1 aromatic rings. The molecule has 1 aliphatic rings. The van der Waals surface area contributed by atoms with E-state index in [-0.39, 0.29) is 24.6 Å². The first-order valence-corrected chi connectivity index (χ1v) is 9.88. The van der Waals surface area contributed by atoms with E-state index in [9.17, 15) is 14.7 Å². The topological polar surface area (TPSA) is 81.7 Å². The van der Waals surface area contributed by atoms with Crippen molar-refractivity contribution in [3.05, 3.63) is 29.3 Å². The van der Waals surface area contributed by atoms with Gasteiger partial charge in [0.05, 0.1) is 12.6 Å². The van der Waals surface area contributed by atoms with Crippen LogP contribution in [0.15, 0.2) is 18.2 Å². The number of carbonyl (C=O) groups is 2. The Labute approximate surface area is 162 Å². The van der Waals surface area contributed by atoms with Crippen LogP contribution in [0.1, 0.15) is 56.0 Å². The molecule has 1 saturated heterocycles. The maximum Gasteiger partial charge on any atom is 0.319 e. The van der Waals surface area contributed by atoms with Gasteiger partial charge in [0.2, 0.25) is 0 Å². The highest BCUT2D eigenvalue weighted by molar-refractivity contribution is 5.96. The number of nitrogens with zero attached hydrogens (tertiary/aromatic N) is 1. The van der Waals surface area contributed by atoms with Gasteiger partial charge in [0.1, 0.15) is 0 Å². The summed E-state index contributed by atoms with van der Waals surface area (Å²) in [6.45, 7) is 9.71. The van der Waals surface area contributed by atoms with Crippen molar-refractivity contribution in [1.29, 1.82) is 0 Å². The predicted octanol–water partition coefficient (Wildman–Crippen LogP) is 3.40. The van der Waals surface area contributed by atoms with Gasteiger partial charge in [0, 0.05) is 24.3 Å². The Balaban J connectivity index is 1.97. The summed E-state index contributed by atoms with van der Waals surface area (Å²) in [4.78, 5) is 26.8. The Hall–Kier alpha value is -2.08. The lowest BCUT2D eigenvalue weighted by Gasteiger charge is -2.30. The Morgan fingerprint density at radius 3 is 2.48 bits per heavy atom. The molecule has 27 heavy (non-hydrogen) atoms. The first-order valence-electron chi connectivity index (χ1n) is 9.88. The smallest absolute Gasteiger partial charge is 0.319 e. The number of piperidine rings is 1. The summed E-state index contributed by atoms with van der Waals surface area (Å²) in [6.07, 6.45) is 2.81. The number of nitrogens with one attached hydrogen (secondary N) is 2. The van der Waals surface area contributed by atoms with Crippen molar-refractivity contribution in [2.75, 3.05) is 25.0 Å². The van der Waals surface area contributed by atoms with E-state index in [0.29, 0.717) is 29.5 Å². The molecule has 0 bridgehead atoms. The van der Waals surface area contributed by atoms with Gasteiger partial charge >= 0.3 is 6.03 Å². The summed E-state index contributed by atoms with van der Waals surface area (Å²) >= 11 is 0. The van der Waals surface area contributed by atoms with E-state index >= 15 is 0 Å². The standard InChI is InChI=1S/C21H33N3O3/c1-14(2)11-18(13-25)22-21(27)23-19-6-5-17(12-16(19)4)20(26)24-9-7-15(3)8-10-24/h5-6,12,14-15,18,25H,7-11,13H2,1-4H3,(H2,22,23,27). The zero-order chi connectivity index (χ0) is 20.0. The van der Waals surface area contributed by atoms with E-state index < -0.39 is 0 Å². The number of amides is 3. The molecule has 1 aromatic carbocycles. The lowest BCUT2D eigenvalue weighted by atomic mass is 9.98. The van der Waals surface area contributed by atoms with Crippen molar-refractivity contribution in [3.8, 4) is 0 Å². The van der Waals surface area contributed by atoms with Gasteiger partial charge in [-0.05, 0) is 61.8 Å². The summed E-state index contributed by atoms with van der Waals surface area (Å²) in [5, 5.41) is 15.0. The summed E-state index contributed by atoms with van der Waals surface area (Å²) in [5.74, 6) is 1.12. The number of rotatable bonds is 6. The van der Waals surface area contributed by atoms with Crippen molar-refractivity contribution in [2.24, 2.45) is 11.8 Å². The van der Waals surface area contributed by atoms with Crippen LogP contribution in [-0.2, 0) is 0 Å². The SMILES string of the molecule is Cc1cc(C(=O)N2CCC(C)CC2)ccc1NC(=O)NC(CO)CC(C)C. The molecule has 1 fully saturated rings. The van der Waals surface area contributed by atoms with Gasteiger partial charge in [-0.3, -0.25) is 4.79 Å². The summed E-state index contributed by atoms with van der Waals surface area (Å²) < 4.78 is 0. The molecule has 0 spiro atoms. The van der Waals surface area contributed by atoms with Gasteiger partial charge in [-0.25, -0.2) is 4.79 Å². The molecule has 2 rings (SSSR count). The third-order valence-electron chi connectivity index (χ3n) is 5.10. The summed E-state index contributed by atoms with van der Waals surface area (Å²) in [5.41, 5.74) is 2.16. The highest BCUT2D eigenvalue weighted by Gasteiger charge is 2.22. The van der Waals surface area contributed by atoms with E-state index in [1.165, 1.54) is 0 Å². The summed E-state index contributed by atoms with van der Waals surface area (Å²) in [7, 11) is 0. The van der Waals surface area contributed by atoms with Crippen LogP contribution in [0.2, 0.25) is 0 Å². The molecule has 3 amide bonds. The first kappa shape index (κ1) is 21.2. The van der Waals surface area contributed by atoms with Crippen LogP contribution in [-0.4, -0.2) is 47.7 Å². The van der Waals surface area contributed by atoms with Gasteiger partial charge in [-0.15, -0.1) is 0 Å². The Kier molecular flexibility index (Phi) is 7.66. The highest BCUT2D eigenvalue weighted by Crippen LogP contribution is 2.21. The van der Waals surface area contributed by atoms with Crippen LogP contribution in [0.25, 0.3) is 0 Å². The largest absolute Gasteiger partial charge is 0.394 e. The molecule has 1 atom stereocenters. The normalized spacial score (nSPS) is 16.3. The summed E-state index contributed by atoms with van der Waals surface area (Å²) in [6, 6.07) is 4.74. The van der Waals surface area contributed by atoms with E-state index in [0.717, 1.165) is 31.5 Å². The molecule has 1 unspecified atom stereocenters. The zero-order valence-electron chi connectivity index (χ0n) is 16.9. The number of aryl methyl sites for hydroxylation is 1. The Morgan fingerprint density at radius 2 is 1.93 bits per heavy atom. The second-order valence-electron chi connectivity index (χ2n) is 8.11. The lowest BCUT2D eigenvalue weighted by Crippen LogP contribution is -2.41. The van der Waals surface area contributed by atoms with Crippen molar-refractivity contribution < 1.29 is 14.7 Å². The fourth-order valence-corrected chi connectivity index (χ4v) is 3.42. The number of urea groups is 1. The number of hydrogen-bond acceptors (Lipinski definition) is 3. The van der Waals surface area contributed by atoms with E-state index in [4.69, 9.17) is 0 Å². The van der Waals surface area contributed by atoms with Crippen LogP contribution in [0.5, 0.6) is 0 Å². The molecular formula is C21H33N3O3. The highest BCUT2D eigenvalue weighted by atomic mass is 16.3. The second kappa shape index (κ2) is 9.74. The van der Waals surface area contributed by atoms with E-state index in [1.807, 2.05) is 31.7 Å². The number of aliphatic hydroxyl groups excluding tert-OH is 1. The predicted molar refractivity (Wildman–Crippen MR) is 108 cm³/mol. The minimum atomic E-state index is -0.345.